The van der Waals surface area contributed by atoms with Crippen LogP contribution >= 0.6 is 23.2 Å². The summed E-state index contributed by atoms with van der Waals surface area (Å²) in [4.78, 5) is 3.67. The van der Waals surface area contributed by atoms with Crippen molar-refractivity contribution in [2.45, 2.75) is 18.0 Å². The van der Waals surface area contributed by atoms with Gasteiger partial charge in [-0.25, -0.2) is 13.1 Å². The SMILES string of the molecule is CNCc1cc(S(=O)(=O)NCc2ncon2)c(Cl)cc1Cl. The van der Waals surface area contributed by atoms with Crippen LogP contribution in [0.3, 0.4) is 0 Å². The van der Waals surface area contributed by atoms with E-state index in [1.54, 1.807) is 7.05 Å². The van der Waals surface area contributed by atoms with Crippen molar-refractivity contribution >= 4 is 33.2 Å². The summed E-state index contributed by atoms with van der Waals surface area (Å²) in [5.74, 6) is 0.221. The predicted octanol–water partition coefficient (Wildman–Crippen LogP) is 1.57. The highest BCUT2D eigenvalue weighted by Crippen LogP contribution is 2.28. The zero-order chi connectivity index (χ0) is 15.5. The molecule has 7 nitrogen and oxygen atoms in total. The summed E-state index contributed by atoms with van der Waals surface area (Å²) < 4.78 is 31.4. The van der Waals surface area contributed by atoms with Gasteiger partial charge in [0.2, 0.25) is 16.4 Å². The normalized spacial score (nSPS) is 11.8. The molecule has 0 aliphatic rings. The zero-order valence-corrected chi connectivity index (χ0v) is 13.3. The minimum absolute atomic E-state index is 0.0421. The van der Waals surface area contributed by atoms with E-state index in [-0.39, 0.29) is 22.3 Å². The quantitative estimate of drug-likeness (QED) is 0.820. The molecule has 0 spiro atoms. The Labute approximate surface area is 131 Å². The highest BCUT2D eigenvalue weighted by Gasteiger charge is 2.20. The Kier molecular flexibility index (Phi) is 5.17. The minimum Gasteiger partial charge on any atom is -0.343 e. The number of benzene rings is 1. The molecule has 0 aliphatic heterocycles. The van der Waals surface area contributed by atoms with Crippen molar-refractivity contribution < 1.29 is 12.9 Å². The van der Waals surface area contributed by atoms with Gasteiger partial charge in [0.15, 0.2) is 5.82 Å². The van der Waals surface area contributed by atoms with E-state index in [1.807, 2.05) is 0 Å². The number of aromatic nitrogens is 2. The van der Waals surface area contributed by atoms with Crippen molar-refractivity contribution in [3.8, 4) is 0 Å². The van der Waals surface area contributed by atoms with Crippen LogP contribution in [0.2, 0.25) is 10.0 Å². The largest absolute Gasteiger partial charge is 0.343 e. The van der Waals surface area contributed by atoms with Crippen LogP contribution in [0.15, 0.2) is 27.9 Å². The van der Waals surface area contributed by atoms with Gasteiger partial charge in [-0.3, -0.25) is 0 Å². The number of hydrogen-bond acceptors (Lipinski definition) is 6. The number of nitrogens with one attached hydrogen (secondary N) is 2. The number of halogens is 2. The van der Waals surface area contributed by atoms with E-state index in [0.717, 1.165) is 6.39 Å². The highest BCUT2D eigenvalue weighted by atomic mass is 35.5. The average Bonchev–Trinajstić information content (AvgIpc) is 2.93. The summed E-state index contributed by atoms with van der Waals surface area (Å²) >= 11 is 12.0. The van der Waals surface area contributed by atoms with Crippen molar-refractivity contribution in [2.75, 3.05) is 7.05 Å². The fraction of sp³-hybridized carbons (Fsp3) is 0.273. The van der Waals surface area contributed by atoms with Gasteiger partial charge >= 0.3 is 0 Å². The fourth-order valence-electron chi connectivity index (χ4n) is 1.61. The first-order chi connectivity index (χ1) is 9.94. The van der Waals surface area contributed by atoms with Gasteiger partial charge in [-0.1, -0.05) is 28.4 Å². The smallest absolute Gasteiger partial charge is 0.242 e. The Balaban J connectivity index is 2.28. The van der Waals surface area contributed by atoms with Crippen LogP contribution in [0.5, 0.6) is 0 Å². The topological polar surface area (TPSA) is 97.1 Å². The second-order valence-corrected chi connectivity index (χ2v) is 6.63. The van der Waals surface area contributed by atoms with Crippen LogP contribution in [0.4, 0.5) is 0 Å². The molecule has 21 heavy (non-hydrogen) atoms. The second kappa shape index (κ2) is 6.71. The summed E-state index contributed by atoms with van der Waals surface area (Å²) in [5, 5.41) is 6.86. The Morgan fingerprint density at radius 1 is 1.24 bits per heavy atom. The lowest BCUT2D eigenvalue weighted by Gasteiger charge is -2.11. The third-order valence-corrected chi connectivity index (χ3v) is 4.80. The highest BCUT2D eigenvalue weighted by molar-refractivity contribution is 7.89. The zero-order valence-electron chi connectivity index (χ0n) is 10.9. The Hall–Kier alpha value is -1.19. The minimum atomic E-state index is -3.81. The molecule has 0 atom stereocenters. The molecule has 0 fully saturated rings. The van der Waals surface area contributed by atoms with E-state index in [2.05, 4.69) is 24.7 Å². The molecule has 10 heteroatoms. The number of hydrogen-bond donors (Lipinski definition) is 2. The van der Waals surface area contributed by atoms with Gasteiger partial charge in [-0.2, -0.15) is 4.98 Å². The van der Waals surface area contributed by atoms with E-state index in [4.69, 9.17) is 23.2 Å². The van der Waals surface area contributed by atoms with Gasteiger partial charge in [0.05, 0.1) is 11.6 Å². The Morgan fingerprint density at radius 2 is 2.00 bits per heavy atom. The monoisotopic (exact) mass is 350 g/mol. The van der Waals surface area contributed by atoms with Crippen LogP contribution in [0.1, 0.15) is 11.4 Å². The standard InChI is InChI=1S/C11H12Cl2N4O3S/c1-14-4-7-2-10(9(13)3-8(7)12)21(18,19)16-5-11-15-6-20-17-11/h2-3,6,14,16H,4-5H2,1H3. The van der Waals surface area contributed by atoms with E-state index in [0.29, 0.717) is 17.1 Å². The van der Waals surface area contributed by atoms with Gasteiger partial charge < -0.3 is 9.84 Å². The van der Waals surface area contributed by atoms with Gasteiger partial charge in [0.25, 0.3) is 0 Å². The van der Waals surface area contributed by atoms with E-state index in [1.165, 1.54) is 12.1 Å². The first-order valence-electron chi connectivity index (χ1n) is 5.81. The number of nitrogens with zero attached hydrogens (tertiary/aromatic N) is 2. The van der Waals surface area contributed by atoms with Crippen LogP contribution in [0.25, 0.3) is 0 Å². The lowest BCUT2D eigenvalue weighted by atomic mass is 10.2. The Morgan fingerprint density at radius 3 is 2.62 bits per heavy atom. The summed E-state index contributed by atoms with van der Waals surface area (Å²) in [5.41, 5.74) is 0.628. The maximum Gasteiger partial charge on any atom is 0.242 e. The number of sulfonamides is 1. The lowest BCUT2D eigenvalue weighted by molar-refractivity contribution is 0.409. The third kappa shape index (κ3) is 3.92. The molecule has 114 valence electrons. The third-order valence-electron chi connectivity index (χ3n) is 2.58. The molecular weight excluding hydrogens is 339 g/mol. The van der Waals surface area contributed by atoms with E-state index < -0.39 is 10.0 Å². The van der Waals surface area contributed by atoms with Gasteiger partial charge in [-0.05, 0) is 24.7 Å². The van der Waals surface area contributed by atoms with Crippen LogP contribution in [-0.4, -0.2) is 25.6 Å². The maximum atomic E-state index is 12.3. The molecule has 1 heterocycles. The molecule has 0 aliphatic carbocycles. The molecule has 0 unspecified atom stereocenters. The summed E-state index contributed by atoms with van der Waals surface area (Å²) in [7, 11) is -2.08. The molecule has 0 bridgehead atoms. The van der Waals surface area contributed by atoms with E-state index in [9.17, 15) is 8.42 Å². The van der Waals surface area contributed by atoms with Crippen molar-refractivity contribution in [2.24, 2.45) is 0 Å². The molecule has 1 aromatic carbocycles. The second-order valence-electron chi connectivity index (χ2n) is 4.08. The molecule has 0 radical (unpaired) electrons. The predicted molar refractivity (Wildman–Crippen MR) is 77.5 cm³/mol. The first-order valence-corrected chi connectivity index (χ1v) is 8.05. The number of rotatable bonds is 6. The van der Waals surface area contributed by atoms with Gasteiger partial charge in [0, 0.05) is 11.6 Å². The van der Waals surface area contributed by atoms with Crippen LogP contribution < -0.4 is 10.0 Å². The molecule has 0 saturated heterocycles. The fourth-order valence-corrected chi connectivity index (χ4v) is 3.45. The van der Waals surface area contributed by atoms with Gasteiger partial charge in [0.1, 0.15) is 4.90 Å². The summed E-state index contributed by atoms with van der Waals surface area (Å²) in [6.45, 7) is 0.322. The molecule has 2 rings (SSSR count). The van der Waals surface area contributed by atoms with Crippen molar-refractivity contribution in [1.82, 2.24) is 20.2 Å². The molecule has 0 saturated carbocycles. The van der Waals surface area contributed by atoms with Crippen molar-refractivity contribution in [1.29, 1.82) is 0 Å². The Bertz CT molecular complexity index is 719. The summed E-state index contributed by atoms with van der Waals surface area (Å²) in [6, 6.07) is 2.83. The van der Waals surface area contributed by atoms with Crippen LogP contribution in [0, 0.1) is 0 Å². The molecule has 2 N–H and O–H groups in total. The lowest BCUT2D eigenvalue weighted by Crippen LogP contribution is -2.24. The first kappa shape index (κ1) is 16.2. The average molecular weight is 351 g/mol. The summed E-state index contributed by atoms with van der Waals surface area (Å²) in [6.07, 6.45) is 1.12. The van der Waals surface area contributed by atoms with Crippen molar-refractivity contribution in [3.05, 3.63) is 40.0 Å². The maximum absolute atomic E-state index is 12.3. The van der Waals surface area contributed by atoms with Gasteiger partial charge in [-0.15, -0.1) is 0 Å². The molecule has 2 aromatic rings. The van der Waals surface area contributed by atoms with Crippen molar-refractivity contribution in [3.63, 3.8) is 0 Å². The van der Waals surface area contributed by atoms with Crippen LogP contribution in [-0.2, 0) is 23.1 Å². The molecule has 0 amide bonds. The molecule has 1 aromatic heterocycles. The molecular formula is C11H12Cl2N4O3S. The van der Waals surface area contributed by atoms with E-state index >= 15 is 0 Å².